The molecule has 0 radical (unpaired) electrons. The summed E-state index contributed by atoms with van der Waals surface area (Å²) in [4.78, 5) is 93.3. The monoisotopic (exact) mass is 1130 g/mol. The zero-order valence-electron chi connectivity index (χ0n) is 45.8. The van der Waals surface area contributed by atoms with Crippen LogP contribution in [0.4, 0.5) is 30.2 Å². The van der Waals surface area contributed by atoms with Crippen LogP contribution in [0.15, 0.2) is 78.9 Å². The standard InChI is InChI=1S/C58H71F3N10O8.ClH/c1-34-28-69(43(26-63-34)30-68-19-22-79-32-35(68)2)31-50(73)71-33-58(4,45-16-11-38(24-48(45)71)23-37-9-13-41(59)14-10-37)57(77)64-27-49(72)65-42-15-12-40-29-70(53(44(40)25-42)55(75)67-52-46(60)7-6-8-47(52)61)56(76)51(39-17-20-78-21-18-39)66-54(74)36(3)62-5;/h6-16,24-25,34-36,39,43,51,53,62-63H,17-23,26-33H2,1-5H3,(H,64,77)(H,65,72)(H,66,74)(H,67,75);1H/t34-,35-,36+,43-,51+,53+,58-;/m1./s1. The van der Waals surface area contributed by atoms with Gasteiger partial charge in [-0.3, -0.25) is 38.6 Å². The molecule has 4 aromatic carbocycles. The number of benzene rings is 4. The van der Waals surface area contributed by atoms with Gasteiger partial charge in [0.2, 0.25) is 29.5 Å². The van der Waals surface area contributed by atoms with Crippen LogP contribution in [-0.4, -0.2) is 160 Å². The number of para-hydroxylation sites is 1. The number of nitrogens with one attached hydrogen (secondary N) is 6. The van der Waals surface area contributed by atoms with Crippen LogP contribution in [-0.2, 0) is 56.6 Å². The van der Waals surface area contributed by atoms with Gasteiger partial charge in [0, 0.05) is 82.0 Å². The maximum atomic E-state index is 15.0. The second-order valence-corrected chi connectivity index (χ2v) is 21.8. The van der Waals surface area contributed by atoms with Crippen molar-refractivity contribution in [3.05, 3.63) is 124 Å². The Morgan fingerprint density at radius 2 is 1.59 bits per heavy atom. The minimum atomic E-state index is -1.46. The first-order chi connectivity index (χ1) is 37.9. The zero-order valence-corrected chi connectivity index (χ0v) is 46.6. The molecule has 6 amide bonds. The third-order valence-electron chi connectivity index (χ3n) is 16.2. The van der Waals surface area contributed by atoms with E-state index in [1.807, 2.05) is 18.2 Å². The Balaban J connectivity index is 0.00000841. The number of morpholine rings is 1. The molecule has 3 fully saturated rings. The largest absolute Gasteiger partial charge is 0.381 e. The van der Waals surface area contributed by atoms with Crippen LogP contribution in [0.3, 0.4) is 0 Å². The van der Waals surface area contributed by atoms with Crippen LogP contribution >= 0.6 is 12.4 Å². The Hall–Kier alpha value is -6.46. The van der Waals surface area contributed by atoms with Crippen molar-refractivity contribution in [2.24, 2.45) is 5.92 Å². The number of carbonyl (C=O) groups excluding carboxylic acids is 6. The summed E-state index contributed by atoms with van der Waals surface area (Å²) in [7, 11) is 1.61. The lowest BCUT2D eigenvalue weighted by atomic mass is 9.83. The molecule has 3 saturated heterocycles. The fraction of sp³-hybridized carbons (Fsp3) is 0.483. The smallest absolute Gasteiger partial charge is 0.252 e. The number of piperazine rings is 1. The van der Waals surface area contributed by atoms with Gasteiger partial charge in [0.25, 0.3) is 5.91 Å². The molecule has 5 heterocycles. The van der Waals surface area contributed by atoms with E-state index in [1.165, 1.54) is 23.1 Å². The van der Waals surface area contributed by atoms with Gasteiger partial charge in [-0.15, -0.1) is 12.4 Å². The molecule has 0 aliphatic carbocycles. The average Bonchev–Trinajstić information content (AvgIpc) is 4.17. The van der Waals surface area contributed by atoms with Crippen LogP contribution in [0.25, 0.3) is 0 Å². The summed E-state index contributed by atoms with van der Waals surface area (Å²) in [5.74, 6) is -6.05. The fourth-order valence-corrected chi connectivity index (χ4v) is 11.5. The Kier molecular flexibility index (Phi) is 19.4. The summed E-state index contributed by atoms with van der Waals surface area (Å²) in [6.45, 7) is 12.0. The molecule has 0 spiro atoms. The number of likely N-dealkylation sites (N-methyl/N-ethyl adjacent to an activating group) is 1. The summed E-state index contributed by atoms with van der Waals surface area (Å²) in [6.07, 6.45) is 1.35. The van der Waals surface area contributed by atoms with E-state index in [4.69, 9.17) is 9.47 Å². The molecule has 0 saturated carbocycles. The van der Waals surface area contributed by atoms with Gasteiger partial charge in [0.1, 0.15) is 35.2 Å². The SMILES string of the molecule is CN[C@@H](C)C(=O)N[C@H](C(=O)N1Cc2ccc(NC(=O)CNC(=O)[C@]3(C)CN(C(=O)CN4C[C@@H](C)NC[C@@H]4CN4CCOC[C@H]4C)c4cc(Cc5ccc(F)cc5)ccc43)cc2[C@H]1C(=O)Nc1c(F)cccc1F)C1CCOCC1.Cl. The molecule has 9 rings (SSSR count). The molecule has 22 heteroatoms. The van der Waals surface area contributed by atoms with E-state index in [9.17, 15) is 33.2 Å². The fourth-order valence-electron chi connectivity index (χ4n) is 11.5. The van der Waals surface area contributed by atoms with Crippen LogP contribution in [0.1, 0.15) is 74.4 Å². The topological polar surface area (TPSA) is 206 Å². The van der Waals surface area contributed by atoms with E-state index in [2.05, 4.69) is 55.5 Å². The molecule has 5 aliphatic rings. The Morgan fingerprint density at radius 1 is 0.863 bits per heavy atom. The molecule has 0 bridgehead atoms. The predicted octanol–water partition coefficient (Wildman–Crippen LogP) is 4.40. The minimum absolute atomic E-state index is 0. The molecule has 4 aromatic rings. The van der Waals surface area contributed by atoms with Gasteiger partial charge in [-0.25, -0.2) is 13.2 Å². The summed E-state index contributed by atoms with van der Waals surface area (Å²) < 4.78 is 55.2. The van der Waals surface area contributed by atoms with E-state index >= 15 is 8.78 Å². The molecule has 0 unspecified atom stereocenters. The van der Waals surface area contributed by atoms with Crippen molar-refractivity contribution in [1.29, 1.82) is 0 Å². The summed E-state index contributed by atoms with van der Waals surface area (Å²) in [5.41, 5.74) is 1.86. The number of hydrogen-bond acceptors (Lipinski definition) is 12. The lowest BCUT2D eigenvalue weighted by Gasteiger charge is -2.43. The van der Waals surface area contributed by atoms with E-state index in [0.29, 0.717) is 75.6 Å². The number of rotatable bonds is 17. The number of carbonyl (C=O) groups is 6. The van der Waals surface area contributed by atoms with E-state index < -0.39 is 76.9 Å². The quantitative estimate of drug-likeness (QED) is 0.0871. The van der Waals surface area contributed by atoms with Crippen molar-refractivity contribution in [2.45, 2.75) is 95.2 Å². The Morgan fingerprint density at radius 3 is 2.30 bits per heavy atom. The first-order valence-electron chi connectivity index (χ1n) is 27.2. The molecule has 18 nitrogen and oxygen atoms in total. The molecule has 80 heavy (non-hydrogen) atoms. The van der Waals surface area contributed by atoms with Crippen LogP contribution in [0.5, 0.6) is 0 Å². The zero-order chi connectivity index (χ0) is 56.1. The number of halogens is 4. The van der Waals surface area contributed by atoms with Gasteiger partial charge in [0.05, 0.1) is 37.8 Å². The number of fused-ring (bicyclic) bond motifs is 2. The summed E-state index contributed by atoms with van der Waals surface area (Å²) >= 11 is 0. The number of ether oxygens (including phenoxy) is 2. The van der Waals surface area contributed by atoms with Gasteiger partial charge in [-0.05, 0) is 130 Å². The highest BCUT2D eigenvalue weighted by atomic mass is 35.5. The van der Waals surface area contributed by atoms with E-state index in [-0.39, 0.29) is 79.1 Å². The van der Waals surface area contributed by atoms with Gasteiger partial charge >= 0.3 is 0 Å². The third-order valence-corrected chi connectivity index (χ3v) is 16.2. The first-order valence-corrected chi connectivity index (χ1v) is 27.2. The molecular formula is C58H72ClF3N10O8. The van der Waals surface area contributed by atoms with Gasteiger partial charge in [-0.1, -0.05) is 36.4 Å². The number of amides is 6. The van der Waals surface area contributed by atoms with Gasteiger partial charge in [-0.2, -0.15) is 0 Å². The second kappa shape index (κ2) is 26.0. The highest BCUT2D eigenvalue weighted by molar-refractivity contribution is 6.05. The van der Waals surface area contributed by atoms with Crippen molar-refractivity contribution in [1.82, 2.24) is 36.0 Å². The average molecular weight is 1130 g/mol. The van der Waals surface area contributed by atoms with Crippen LogP contribution < -0.4 is 36.8 Å². The van der Waals surface area contributed by atoms with Gasteiger partial charge < -0.3 is 51.2 Å². The molecule has 0 aromatic heterocycles. The van der Waals surface area contributed by atoms with Crippen LogP contribution in [0.2, 0.25) is 0 Å². The molecule has 5 aliphatic heterocycles. The van der Waals surface area contributed by atoms with Crippen molar-refractivity contribution in [2.75, 3.05) is 94.8 Å². The molecule has 7 atom stereocenters. The summed E-state index contributed by atoms with van der Waals surface area (Å²) in [6, 6.07) is 16.9. The normalized spacial score (nSPS) is 23.0. The predicted molar refractivity (Wildman–Crippen MR) is 298 cm³/mol. The van der Waals surface area contributed by atoms with Crippen molar-refractivity contribution >= 4 is 64.9 Å². The lowest BCUT2D eigenvalue weighted by molar-refractivity contribution is -0.144. The van der Waals surface area contributed by atoms with Crippen molar-refractivity contribution < 1.29 is 51.4 Å². The molecular weight excluding hydrogens is 1060 g/mol. The second-order valence-electron chi connectivity index (χ2n) is 21.8. The highest BCUT2D eigenvalue weighted by Gasteiger charge is 2.48. The lowest BCUT2D eigenvalue weighted by Crippen LogP contribution is -2.62. The molecule has 430 valence electrons. The maximum absolute atomic E-state index is 15.0. The number of hydrogen-bond donors (Lipinski definition) is 6. The third kappa shape index (κ3) is 13.3. The number of anilines is 3. The highest BCUT2D eigenvalue weighted by Crippen LogP contribution is 2.43. The van der Waals surface area contributed by atoms with Crippen molar-refractivity contribution in [3.63, 3.8) is 0 Å². The van der Waals surface area contributed by atoms with Gasteiger partial charge in [0.15, 0.2) is 0 Å². The maximum Gasteiger partial charge on any atom is 0.252 e. The first kappa shape index (κ1) is 59.7. The van der Waals surface area contributed by atoms with E-state index in [0.717, 1.165) is 42.4 Å². The number of nitrogens with zero attached hydrogens (tertiary/aromatic N) is 4. The minimum Gasteiger partial charge on any atom is -0.381 e. The molecule has 6 N–H and O–H groups in total. The Bertz CT molecular complexity index is 2920. The van der Waals surface area contributed by atoms with Crippen molar-refractivity contribution in [3.8, 4) is 0 Å². The van der Waals surface area contributed by atoms with Crippen LogP contribution in [0, 0.1) is 23.4 Å². The van der Waals surface area contributed by atoms with E-state index in [1.54, 1.807) is 50.1 Å². The Labute approximate surface area is 470 Å². The summed E-state index contributed by atoms with van der Waals surface area (Å²) in [5, 5.41) is 17.3.